The Kier molecular flexibility index (Phi) is 5.96. The highest BCUT2D eigenvalue weighted by Crippen LogP contribution is 2.30. The van der Waals surface area contributed by atoms with Gasteiger partial charge in [0.1, 0.15) is 6.07 Å². The zero-order valence-electron chi connectivity index (χ0n) is 15.1. The summed E-state index contributed by atoms with van der Waals surface area (Å²) in [5, 5.41) is 20.9. The van der Waals surface area contributed by atoms with Crippen molar-refractivity contribution in [1.82, 2.24) is 9.97 Å². The highest BCUT2D eigenvalue weighted by Gasteiger charge is 2.39. The van der Waals surface area contributed by atoms with E-state index in [2.05, 4.69) is 9.97 Å². The first-order chi connectivity index (χ1) is 13.3. The lowest BCUT2D eigenvalue weighted by atomic mass is 10.1. The molecular weight excluding hydrogens is 413 g/mol. The highest BCUT2D eigenvalue weighted by molar-refractivity contribution is 7.91. The lowest BCUT2D eigenvalue weighted by molar-refractivity contribution is -0.141. The number of benzene rings is 1. The van der Waals surface area contributed by atoms with Crippen LogP contribution in [-0.4, -0.2) is 40.8 Å². The van der Waals surface area contributed by atoms with E-state index in [-0.39, 0.29) is 4.90 Å². The van der Waals surface area contributed by atoms with E-state index in [1.807, 2.05) is 5.32 Å². The van der Waals surface area contributed by atoms with Crippen LogP contribution in [0.2, 0.25) is 0 Å². The number of hydrogen-bond acceptors (Lipinski definition) is 7. The molecule has 0 aliphatic heterocycles. The molecule has 0 saturated carbocycles. The molecule has 1 aromatic heterocycles. The molecule has 1 heterocycles. The molecule has 0 bridgehead atoms. The van der Waals surface area contributed by atoms with Crippen molar-refractivity contribution in [2.24, 2.45) is 0 Å². The monoisotopic (exact) mass is 428 g/mol. The largest absolute Gasteiger partial charge is 0.436 e. The van der Waals surface area contributed by atoms with E-state index >= 15 is 0 Å². The van der Waals surface area contributed by atoms with Crippen LogP contribution in [0.15, 0.2) is 35.4 Å². The molecule has 0 aliphatic rings. The molecule has 0 fully saturated rings. The third kappa shape index (κ3) is 5.27. The Bertz CT molecular complexity index is 1080. The minimum absolute atomic E-state index is 0.131. The maximum Gasteiger partial charge on any atom is 0.436 e. The molecule has 0 spiro atoms. The molecule has 154 valence electrons. The summed E-state index contributed by atoms with van der Waals surface area (Å²) in [4.78, 5) is 18.5. The van der Waals surface area contributed by atoms with E-state index in [0.29, 0.717) is 6.20 Å². The van der Waals surface area contributed by atoms with Crippen molar-refractivity contribution in [3.05, 3.63) is 47.4 Å². The van der Waals surface area contributed by atoms with Crippen LogP contribution in [0.25, 0.3) is 0 Å². The minimum Gasteiger partial charge on any atom is -0.379 e. The Morgan fingerprint density at radius 1 is 1.28 bits per heavy atom. The summed E-state index contributed by atoms with van der Waals surface area (Å²) in [6.45, 7) is 2.64. The number of carbonyl (C=O) groups excluding carboxylic acids is 1. The van der Waals surface area contributed by atoms with Gasteiger partial charge in [-0.05, 0) is 26.0 Å². The van der Waals surface area contributed by atoms with Crippen molar-refractivity contribution in [3.63, 3.8) is 0 Å². The maximum atomic E-state index is 12.9. The first-order valence-electron chi connectivity index (χ1n) is 7.94. The first-order valence-corrected chi connectivity index (χ1v) is 9.59. The second-order valence-corrected chi connectivity index (χ2v) is 8.35. The number of anilines is 1. The molecular formula is C17H15F3N4O4S. The second-order valence-electron chi connectivity index (χ2n) is 6.36. The smallest absolute Gasteiger partial charge is 0.379 e. The summed E-state index contributed by atoms with van der Waals surface area (Å²) in [5.41, 5.74) is -4.31. The SMILES string of the molecule is Cc1ccc(S(=O)(=O)C[C@](C)(O)C(=O)Nc2cnc(C#N)c(C(F)(F)F)n2)cc1. The number of nitriles is 1. The average Bonchev–Trinajstić information content (AvgIpc) is 2.60. The molecule has 29 heavy (non-hydrogen) atoms. The van der Waals surface area contributed by atoms with Gasteiger partial charge >= 0.3 is 6.18 Å². The van der Waals surface area contributed by atoms with Crippen molar-refractivity contribution in [1.29, 1.82) is 5.26 Å². The molecule has 1 amide bonds. The van der Waals surface area contributed by atoms with Crippen molar-refractivity contribution < 1.29 is 31.5 Å². The van der Waals surface area contributed by atoms with E-state index in [4.69, 9.17) is 5.26 Å². The van der Waals surface area contributed by atoms with Crippen LogP contribution < -0.4 is 5.32 Å². The number of hydrogen-bond donors (Lipinski definition) is 2. The van der Waals surface area contributed by atoms with E-state index in [0.717, 1.165) is 12.5 Å². The number of rotatable bonds is 5. The third-order valence-corrected chi connectivity index (χ3v) is 5.66. The van der Waals surface area contributed by atoms with Gasteiger partial charge in [0.2, 0.25) is 0 Å². The van der Waals surface area contributed by atoms with Crippen LogP contribution in [0.5, 0.6) is 0 Å². The molecule has 2 aromatic rings. The average molecular weight is 428 g/mol. The van der Waals surface area contributed by atoms with Gasteiger partial charge in [-0.2, -0.15) is 18.4 Å². The second kappa shape index (κ2) is 7.76. The fourth-order valence-corrected chi connectivity index (χ4v) is 3.83. The summed E-state index contributed by atoms with van der Waals surface area (Å²) in [6.07, 6.45) is -4.31. The summed E-state index contributed by atoms with van der Waals surface area (Å²) in [5.74, 6) is -3.03. The topological polar surface area (TPSA) is 133 Å². The highest BCUT2D eigenvalue weighted by atomic mass is 32.2. The number of nitrogens with one attached hydrogen (secondary N) is 1. The van der Waals surface area contributed by atoms with E-state index in [1.54, 1.807) is 6.92 Å². The molecule has 0 saturated heterocycles. The number of aryl methyl sites for hydroxylation is 1. The lowest BCUT2D eigenvalue weighted by Gasteiger charge is -2.22. The zero-order chi connectivity index (χ0) is 22.0. The molecule has 1 atom stereocenters. The van der Waals surface area contributed by atoms with Gasteiger partial charge < -0.3 is 10.4 Å². The summed E-state index contributed by atoms with van der Waals surface area (Å²) >= 11 is 0. The van der Waals surface area contributed by atoms with Crippen molar-refractivity contribution in [3.8, 4) is 6.07 Å². The number of aliphatic hydroxyl groups is 1. The molecule has 2 N–H and O–H groups in total. The Morgan fingerprint density at radius 2 is 1.86 bits per heavy atom. The van der Waals surface area contributed by atoms with Crippen LogP contribution in [0.3, 0.4) is 0 Å². The standard InChI is InChI=1S/C17H15F3N4O4S/c1-10-3-5-11(6-4-10)29(27,28)9-16(2,26)15(25)24-13-8-22-12(7-21)14(23-13)17(18,19)20/h3-6,8,26H,9H2,1-2H3,(H,23,24,25)/t16-/m0/s1. The summed E-state index contributed by atoms with van der Waals surface area (Å²) in [7, 11) is -4.08. The summed E-state index contributed by atoms with van der Waals surface area (Å²) < 4.78 is 63.7. The van der Waals surface area contributed by atoms with Crippen LogP contribution in [0.4, 0.5) is 19.0 Å². The van der Waals surface area contributed by atoms with Crippen molar-refractivity contribution >= 4 is 21.6 Å². The Balaban J connectivity index is 2.25. The molecule has 1 aromatic carbocycles. The summed E-state index contributed by atoms with van der Waals surface area (Å²) in [6, 6.07) is 6.91. The predicted molar refractivity (Wildman–Crippen MR) is 94.2 cm³/mol. The molecule has 0 unspecified atom stereocenters. The molecule has 8 nitrogen and oxygen atoms in total. The number of halogens is 3. The van der Waals surface area contributed by atoms with E-state index < -0.39 is 50.5 Å². The Labute approximate surface area is 164 Å². The lowest BCUT2D eigenvalue weighted by Crippen LogP contribution is -2.46. The van der Waals surface area contributed by atoms with Crippen LogP contribution in [0.1, 0.15) is 23.9 Å². The number of carbonyl (C=O) groups is 1. The molecule has 2 rings (SSSR count). The van der Waals surface area contributed by atoms with Gasteiger partial charge in [0.25, 0.3) is 5.91 Å². The number of sulfone groups is 1. The minimum atomic E-state index is -5.00. The Hall–Kier alpha value is -3.04. The fourth-order valence-electron chi connectivity index (χ4n) is 2.24. The van der Waals surface area contributed by atoms with Crippen LogP contribution in [0, 0.1) is 18.3 Å². The number of aromatic nitrogens is 2. The molecule has 0 radical (unpaired) electrons. The first kappa shape index (κ1) is 22.3. The quantitative estimate of drug-likeness (QED) is 0.742. The molecule has 0 aliphatic carbocycles. The number of amides is 1. The maximum absolute atomic E-state index is 12.9. The van der Waals surface area contributed by atoms with Crippen molar-refractivity contribution in [2.45, 2.75) is 30.5 Å². The zero-order valence-corrected chi connectivity index (χ0v) is 16.0. The van der Waals surface area contributed by atoms with Crippen LogP contribution in [-0.2, 0) is 20.8 Å². The van der Waals surface area contributed by atoms with Gasteiger partial charge in [0, 0.05) is 0 Å². The van der Waals surface area contributed by atoms with Gasteiger partial charge in [-0.15, -0.1) is 0 Å². The predicted octanol–water partition coefficient (Wildman–Crippen LogP) is 1.84. The Morgan fingerprint density at radius 3 is 2.38 bits per heavy atom. The number of alkyl halides is 3. The van der Waals surface area contributed by atoms with Gasteiger partial charge in [0.05, 0.1) is 16.8 Å². The van der Waals surface area contributed by atoms with Gasteiger partial charge in [0.15, 0.2) is 32.6 Å². The van der Waals surface area contributed by atoms with Gasteiger partial charge in [-0.3, -0.25) is 4.79 Å². The van der Waals surface area contributed by atoms with Crippen molar-refractivity contribution in [2.75, 3.05) is 11.1 Å². The van der Waals surface area contributed by atoms with Gasteiger partial charge in [-0.1, -0.05) is 17.7 Å². The van der Waals surface area contributed by atoms with E-state index in [9.17, 15) is 31.5 Å². The number of nitrogens with zero attached hydrogens (tertiary/aromatic N) is 3. The molecule has 12 heteroatoms. The van der Waals surface area contributed by atoms with E-state index in [1.165, 1.54) is 30.3 Å². The van der Waals surface area contributed by atoms with Gasteiger partial charge in [-0.25, -0.2) is 18.4 Å². The van der Waals surface area contributed by atoms with Crippen LogP contribution >= 0.6 is 0 Å². The normalized spacial score (nSPS) is 14.0. The fraction of sp³-hybridized carbons (Fsp3) is 0.294. The third-order valence-electron chi connectivity index (χ3n) is 3.73.